The van der Waals surface area contributed by atoms with Crippen LogP contribution in [0.25, 0.3) is 0 Å². The van der Waals surface area contributed by atoms with Crippen LogP contribution in [0.4, 0.5) is 13.2 Å². The molecule has 0 aromatic heterocycles. The summed E-state index contributed by atoms with van der Waals surface area (Å²) in [6.07, 6.45) is -2.70. The van der Waals surface area contributed by atoms with Crippen LogP contribution in [-0.2, 0) is 11.6 Å². The first kappa shape index (κ1) is 11.5. The molecule has 1 unspecified atom stereocenters. The molecular formula is C12H14F3N. The first-order valence-corrected chi connectivity index (χ1v) is 5.33. The number of hydrogen-bond donors (Lipinski definition) is 1. The summed E-state index contributed by atoms with van der Waals surface area (Å²) in [5, 5.41) is 0. The predicted octanol–water partition coefficient (Wildman–Crippen LogP) is 3.08. The van der Waals surface area contributed by atoms with Crippen LogP contribution in [0, 0.1) is 0 Å². The lowest BCUT2D eigenvalue weighted by atomic mass is 9.91. The molecule has 16 heavy (non-hydrogen) atoms. The Morgan fingerprint density at radius 1 is 1.44 bits per heavy atom. The molecule has 0 heterocycles. The maximum atomic E-state index is 12.5. The van der Waals surface area contributed by atoms with Gasteiger partial charge in [-0.3, -0.25) is 0 Å². The highest BCUT2D eigenvalue weighted by molar-refractivity contribution is 5.39. The van der Waals surface area contributed by atoms with E-state index in [1.54, 1.807) is 6.07 Å². The molecule has 0 amide bonds. The summed E-state index contributed by atoms with van der Waals surface area (Å²) in [6.45, 7) is 1.97. The van der Waals surface area contributed by atoms with E-state index in [1.807, 2.05) is 6.92 Å². The summed E-state index contributed by atoms with van der Waals surface area (Å²) in [5.41, 5.74) is 5.73. The molecule has 1 aromatic rings. The van der Waals surface area contributed by atoms with E-state index < -0.39 is 11.7 Å². The summed E-state index contributed by atoms with van der Waals surface area (Å²) >= 11 is 0. The van der Waals surface area contributed by atoms with Crippen LogP contribution >= 0.6 is 0 Å². The molecule has 1 saturated carbocycles. The Morgan fingerprint density at radius 2 is 2.06 bits per heavy atom. The van der Waals surface area contributed by atoms with Crippen molar-refractivity contribution in [3.05, 3.63) is 35.4 Å². The van der Waals surface area contributed by atoms with Crippen molar-refractivity contribution in [1.82, 2.24) is 0 Å². The van der Waals surface area contributed by atoms with Gasteiger partial charge in [0.15, 0.2) is 0 Å². The van der Waals surface area contributed by atoms with Gasteiger partial charge in [0, 0.05) is 11.5 Å². The standard InChI is InChI=1S/C12H14F3N/c1-2-11(7-10(11)16)8-4-3-5-9(6-8)12(13,14)15/h3-6,10H,2,7,16H2,1H3/t10-,11?/m1/s1. The van der Waals surface area contributed by atoms with Crippen molar-refractivity contribution >= 4 is 0 Å². The zero-order valence-electron chi connectivity index (χ0n) is 9.01. The largest absolute Gasteiger partial charge is 0.416 e. The highest BCUT2D eigenvalue weighted by Crippen LogP contribution is 2.50. The van der Waals surface area contributed by atoms with Crippen molar-refractivity contribution in [2.24, 2.45) is 5.73 Å². The van der Waals surface area contributed by atoms with E-state index in [4.69, 9.17) is 5.73 Å². The lowest BCUT2D eigenvalue weighted by molar-refractivity contribution is -0.137. The number of rotatable bonds is 2. The van der Waals surface area contributed by atoms with E-state index in [9.17, 15) is 13.2 Å². The second-order valence-electron chi connectivity index (χ2n) is 4.40. The second kappa shape index (κ2) is 3.48. The van der Waals surface area contributed by atoms with E-state index in [1.165, 1.54) is 12.1 Å². The summed E-state index contributed by atoms with van der Waals surface area (Å²) in [5.74, 6) is 0. The molecule has 0 aliphatic heterocycles. The lowest BCUT2D eigenvalue weighted by Gasteiger charge is -2.16. The highest BCUT2D eigenvalue weighted by atomic mass is 19.4. The Balaban J connectivity index is 2.37. The highest BCUT2D eigenvalue weighted by Gasteiger charge is 2.51. The summed E-state index contributed by atoms with van der Waals surface area (Å²) in [7, 11) is 0. The Bertz CT molecular complexity index is 395. The normalized spacial score (nSPS) is 29.2. The van der Waals surface area contributed by atoms with Crippen LogP contribution in [-0.4, -0.2) is 6.04 Å². The van der Waals surface area contributed by atoms with Gasteiger partial charge in [-0.1, -0.05) is 25.1 Å². The van der Waals surface area contributed by atoms with Gasteiger partial charge in [-0.15, -0.1) is 0 Å². The zero-order valence-corrected chi connectivity index (χ0v) is 9.01. The molecule has 0 bridgehead atoms. The average molecular weight is 229 g/mol. The predicted molar refractivity (Wildman–Crippen MR) is 56.0 cm³/mol. The molecule has 2 rings (SSSR count). The number of hydrogen-bond acceptors (Lipinski definition) is 1. The van der Waals surface area contributed by atoms with Gasteiger partial charge >= 0.3 is 6.18 Å². The van der Waals surface area contributed by atoms with Crippen LogP contribution in [0.3, 0.4) is 0 Å². The Hall–Kier alpha value is -1.03. The van der Waals surface area contributed by atoms with Crippen molar-refractivity contribution < 1.29 is 13.2 Å². The third-order valence-electron chi connectivity index (χ3n) is 3.53. The van der Waals surface area contributed by atoms with Crippen LogP contribution < -0.4 is 5.73 Å². The number of benzene rings is 1. The fraction of sp³-hybridized carbons (Fsp3) is 0.500. The summed E-state index contributed by atoms with van der Waals surface area (Å²) in [6, 6.07) is 5.53. The van der Waals surface area contributed by atoms with Gasteiger partial charge in [0.25, 0.3) is 0 Å². The van der Waals surface area contributed by atoms with Crippen molar-refractivity contribution in [3.63, 3.8) is 0 Å². The Labute approximate surface area is 92.5 Å². The van der Waals surface area contributed by atoms with Gasteiger partial charge in [0.1, 0.15) is 0 Å². The SMILES string of the molecule is CCC1(c2cccc(C(F)(F)F)c2)C[C@H]1N. The maximum absolute atomic E-state index is 12.5. The third kappa shape index (κ3) is 1.71. The summed E-state index contributed by atoms with van der Waals surface area (Å²) in [4.78, 5) is 0. The van der Waals surface area contributed by atoms with Gasteiger partial charge in [-0.2, -0.15) is 13.2 Å². The molecule has 1 aliphatic rings. The Kier molecular flexibility index (Phi) is 2.49. The minimum absolute atomic E-state index is 0.000911. The van der Waals surface area contributed by atoms with Gasteiger partial charge in [0.05, 0.1) is 5.56 Å². The first-order valence-electron chi connectivity index (χ1n) is 5.33. The maximum Gasteiger partial charge on any atom is 0.416 e. The molecule has 0 saturated heterocycles. The molecule has 1 aromatic carbocycles. The smallest absolute Gasteiger partial charge is 0.327 e. The van der Waals surface area contributed by atoms with Crippen LogP contribution in [0.15, 0.2) is 24.3 Å². The van der Waals surface area contributed by atoms with E-state index in [-0.39, 0.29) is 11.5 Å². The van der Waals surface area contributed by atoms with Crippen LogP contribution in [0.5, 0.6) is 0 Å². The van der Waals surface area contributed by atoms with Crippen molar-refractivity contribution in [1.29, 1.82) is 0 Å². The quantitative estimate of drug-likeness (QED) is 0.828. The van der Waals surface area contributed by atoms with Gasteiger partial charge in [-0.25, -0.2) is 0 Å². The van der Waals surface area contributed by atoms with Gasteiger partial charge in [-0.05, 0) is 24.5 Å². The van der Waals surface area contributed by atoms with E-state index in [2.05, 4.69) is 0 Å². The topological polar surface area (TPSA) is 26.0 Å². The van der Waals surface area contributed by atoms with E-state index >= 15 is 0 Å². The average Bonchev–Trinajstić information content (AvgIpc) is 2.90. The van der Waals surface area contributed by atoms with Gasteiger partial charge < -0.3 is 5.73 Å². The molecule has 2 atom stereocenters. The second-order valence-corrected chi connectivity index (χ2v) is 4.40. The molecule has 2 N–H and O–H groups in total. The molecule has 4 heteroatoms. The van der Waals surface area contributed by atoms with E-state index in [0.29, 0.717) is 0 Å². The monoisotopic (exact) mass is 229 g/mol. The van der Waals surface area contributed by atoms with Crippen molar-refractivity contribution in [2.75, 3.05) is 0 Å². The third-order valence-corrected chi connectivity index (χ3v) is 3.53. The number of nitrogens with two attached hydrogens (primary N) is 1. The molecule has 1 nitrogen and oxygen atoms in total. The molecule has 1 fully saturated rings. The zero-order chi connectivity index (χ0) is 12.0. The number of halogens is 3. The first-order chi connectivity index (χ1) is 7.40. The minimum atomic E-state index is -4.27. The fourth-order valence-electron chi connectivity index (χ4n) is 2.28. The molecule has 1 aliphatic carbocycles. The molecular weight excluding hydrogens is 215 g/mol. The summed E-state index contributed by atoms with van der Waals surface area (Å²) < 4.78 is 37.6. The van der Waals surface area contributed by atoms with Crippen molar-refractivity contribution in [2.45, 2.75) is 37.4 Å². The van der Waals surface area contributed by atoms with Crippen LogP contribution in [0.1, 0.15) is 30.9 Å². The van der Waals surface area contributed by atoms with Crippen LogP contribution in [0.2, 0.25) is 0 Å². The van der Waals surface area contributed by atoms with E-state index in [0.717, 1.165) is 24.5 Å². The number of alkyl halides is 3. The minimum Gasteiger partial charge on any atom is -0.327 e. The Morgan fingerprint density at radius 3 is 2.50 bits per heavy atom. The van der Waals surface area contributed by atoms with Crippen molar-refractivity contribution in [3.8, 4) is 0 Å². The molecule has 88 valence electrons. The molecule has 0 radical (unpaired) electrons. The fourth-order valence-corrected chi connectivity index (χ4v) is 2.28. The lowest BCUT2D eigenvalue weighted by Crippen LogP contribution is -2.18. The van der Waals surface area contributed by atoms with Gasteiger partial charge in [0.2, 0.25) is 0 Å². The molecule has 0 spiro atoms.